The molecule has 0 aliphatic carbocycles. The Hall–Kier alpha value is -1.68. The van der Waals surface area contributed by atoms with Crippen LogP contribution in [0.15, 0.2) is 40.9 Å². The summed E-state index contributed by atoms with van der Waals surface area (Å²) in [5.74, 6) is 1.19. The van der Waals surface area contributed by atoms with Gasteiger partial charge in [-0.25, -0.2) is 0 Å². The Balaban J connectivity index is 2.20. The highest BCUT2D eigenvalue weighted by atomic mass is 79.9. The largest absolute Gasteiger partial charge is 0.507 e. The van der Waals surface area contributed by atoms with Crippen LogP contribution in [0.1, 0.15) is 11.1 Å². The maximum atomic E-state index is 10.1. The molecular formula is C16H18BrNO2. The van der Waals surface area contributed by atoms with Gasteiger partial charge in [0.1, 0.15) is 11.5 Å². The lowest BCUT2D eigenvalue weighted by Crippen LogP contribution is -2.16. The minimum atomic E-state index is 0.355. The van der Waals surface area contributed by atoms with E-state index in [1.165, 1.54) is 0 Å². The molecule has 0 saturated carbocycles. The second-order valence-electron chi connectivity index (χ2n) is 4.78. The zero-order valence-corrected chi connectivity index (χ0v) is 13.4. The number of benzene rings is 2. The maximum Gasteiger partial charge on any atom is 0.123 e. The van der Waals surface area contributed by atoms with Crippen molar-refractivity contribution in [2.45, 2.75) is 13.5 Å². The van der Waals surface area contributed by atoms with Crippen LogP contribution in [0.5, 0.6) is 11.5 Å². The summed E-state index contributed by atoms with van der Waals surface area (Å²) in [6.45, 7) is 2.54. The highest BCUT2D eigenvalue weighted by Crippen LogP contribution is 2.29. The lowest BCUT2D eigenvalue weighted by atomic mass is 10.1. The molecule has 0 bridgehead atoms. The van der Waals surface area contributed by atoms with Crippen molar-refractivity contribution in [2.24, 2.45) is 0 Å². The molecule has 0 radical (unpaired) electrons. The summed E-state index contributed by atoms with van der Waals surface area (Å²) in [4.78, 5) is 2.08. The molecule has 106 valence electrons. The monoisotopic (exact) mass is 335 g/mol. The Morgan fingerprint density at radius 3 is 2.45 bits per heavy atom. The van der Waals surface area contributed by atoms with Gasteiger partial charge in [0.05, 0.1) is 7.11 Å². The van der Waals surface area contributed by atoms with Crippen molar-refractivity contribution in [3.8, 4) is 11.5 Å². The van der Waals surface area contributed by atoms with Crippen LogP contribution in [0.25, 0.3) is 0 Å². The molecule has 4 heteroatoms. The first kappa shape index (κ1) is 14.7. The Morgan fingerprint density at radius 1 is 1.20 bits per heavy atom. The Bertz CT molecular complexity index is 596. The third-order valence-electron chi connectivity index (χ3n) is 3.26. The van der Waals surface area contributed by atoms with Gasteiger partial charge in [-0.3, -0.25) is 0 Å². The van der Waals surface area contributed by atoms with Crippen molar-refractivity contribution >= 4 is 21.6 Å². The smallest absolute Gasteiger partial charge is 0.123 e. The fourth-order valence-electron chi connectivity index (χ4n) is 2.11. The molecule has 2 aromatic rings. The molecule has 0 saturated heterocycles. The molecule has 0 fully saturated rings. The van der Waals surface area contributed by atoms with E-state index in [0.29, 0.717) is 12.3 Å². The van der Waals surface area contributed by atoms with E-state index in [2.05, 4.69) is 20.8 Å². The second-order valence-corrected chi connectivity index (χ2v) is 5.70. The predicted octanol–water partition coefficient (Wildman–Crippen LogP) is 4.11. The number of halogens is 1. The van der Waals surface area contributed by atoms with Crippen molar-refractivity contribution in [3.05, 3.63) is 52.0 Å². The number of methoxy groups -OCH3 is 1. The Labute approximate surface area is 127 Å². The van der Waals surface area contributed by atoms with Crippen LogP contribution in [0.2, 0.25) is 0 Å². The zero-order chi connectivity index (χ0) is 14.7. The van der Waals surface area contributed by atoms with Gasteiger partial charge in [0.25, 0.3) is 0 Å². The summed E-state index contributed by atoms with van der Waals surface area (Å²) < 4.78 is 6.13. The van der Waals surface area contributed by atoms with Gasteiger partial charge in [0.15, 0.2) is 0 Å². The summed E-state index contributed by atoms with van der Waals surface area (Å²) in [7, 11) is 3.65. The summed E-state index contributed by atoms with van der Waals surface area (Å²) in [6.07, 6.45) is 0. The molecule has 0 spiro atoms. The molecule has 0 heterocycles. The van der Waals surface area contributed by atoms with E-state index < -0.39 is 0 Å². The van der Waals surface area contributed by atoms with E-state index in [9.17, 15) is 5.11 Å². The number of rotatable bonds is 4. The Morgan fingerprint density at radius 2 is 1.85 bits per heavy atom. The third kappa shape index (κ3) is 3.25. The van der Waals surface area contributed by atoms with Crippen LogP contribution in [0.3, 0.4) is 0 Å². The van der Waals surface area contributed by atoms with Crippen LogP contribution in [-0.2, 0) is 6.54 Å². The maximum absolute atomic E-state index is 10.1. The van der Waals surface area contributed by atoms with E-state index in [1.54, 1.807) is 7.11 Å². The SMILES string of the molecule is COc1ccc(N(C)Cc2cc(Br)cc(C)c2O)cc1. The summed E-state index contributed by atoms with van der Waals surface area (Å²) in [6, 6.07) is 11.7. The van der Waals surface area contributed by atoms with Gasteiger partial charge < -0.3 is 14.7 Å². The minimum Gasteiger partial charge on any atom is -0.507 e. The number of aromatic hydroxyl groups is 1. The van der Waals surface area contributed by atoms with Crippen LogP contribution < -0.4 is 9.64 Å². The van der Waals surface area contributed by atoms with Gasteiger partial charge >= 0.3 is 0 Å². The van der Waals surface area contributed by atoms with Crippen LogP contribution >= 0.6 is 15.9 Å². The number of ether oxygens (including phenoxy) is 1. The molecular weight excluding hydrogens is 318 g/mol. The first-order chi connectivity index (χ1) is 9.51. The number of nitrogens with zero attached hydrogens (tertiary/aromatic N) is 1. The van der Waals surface area contributed by atoms with Gasteiger partial charge in [-0.2, -0.15) is 0 Å². The molecule has 2 rings (SSSR count). The molecule has 0 amide bonds. The van der Waals surface area contributed by atoms with Crippen molar-refractivity contribution in [1.29, 1.82) is 0 Å². The lowest BCUT2D eigenvalue weighted by Gasteiger charge is -2.21. The van der Waals surface area contributed by atoms with Crippen molar-refractivity contribution in [2.75, 3.05) is 19.1 Å². The van der Waals surface area contributed by atoms with Gasteiger partial charge in [-0.1, -0.05) is 15.9 Å². The van der Waals surface area contributed by atoms with Crippen molar-refractivity contribution < 1.29 is 9.84 Å². The average molecular weight is 336 g/mol. The minimum absolute atomic E-state index is 0.355. The molecule has 1 N–H and O–H groups in total. The van der Waals surface area contributed by atoms with E-state index in [0.717, 1.165) is 27.0 Å². The molecule has 0 aliphatic heterocycles. The van der Waals surface area contributed by atoms with Crippen LogP contribution in [-0.4, -0.2) is 19.3 Å². The summed E-state index contributed by atoms with van der Waals surface area (Å²) in [5.41, 5.74) is 2.84. The van der Waals surface area contributed by atoms with E-state index in [-0.39, 0.29) is 0 Å². The quantitative estimate of drug-likeness (QED) is 0.912. The topological polar surface area (TPSA) is 32.7 Å². The van der Waals surface area contributed by atoms with Gasteiger partial charge in [-0.05, 0) is 48.9 Å². The average Bonchev–Trinajstić information content (AvgIpc) is 2.44. The zero-order valence-electron chi connectivity index (χ0n) is 11.9. The molecule has 0 aliphatic rings. The molecule has 0 unspecified atom stereocenters. The third-order valence-corrected chi connectivity index (χ3v) is 3.72. The van der Waals surface area contributed by atoms with Crippen LogP contribution in [0.4, 0.5) is 5.69 Å². The van der Waals surface area contributed by atoms with Crippen molar-refractivity contribution in [1.82, 2.24) is 0 Å². The number of anilines is 1. The highest BCUT2D eigenvalue weighted by molar-refractivity contribution is 9.10. The number of aryl methyl sites for hydroxylation is 1. The first-order valence-corrected chi connectivity index (χ1v) is 7.13. The number of hydrogen-bond donors (Lipinski definition) is 1. The van der Waals surface area contributed by atoms with Gasteiger partial charge in [0.2, 0.25) is 0 Å². The van der Waals surface area contributed by atoms with Crippen molar-refractivity contribution in [3.63, 3.8) is 0 Å². The number of phenolic OH excluding ortho intramolecular Hbond substituents is 1. The Kier molecular flexibility index (Phi) is 4.55. The normalized spacial score (nSPS) is 10.4. The lowest BCUT2D eigenvalue weighted by molar-refractivity contribution is 0.415. The molecule has 20 heavy (non-hydrogen) atoms. The molecule has 2 aromatic carbocycles. The second kappa shape index (κ2) is 6.18. The molecule has 0 aromatic heterocycles. The van der Waals surface area contributed by atoms with Gasteiger partial charge in [-0.15, -0.1) is 0 Å². The van der Waals surface area contributed by atoms with E-state index in [4.69, 9.17) is 4.74 Å². The fourth-order valence-corrected chi connectivity index (χ4v) is 2.73. The number of phenols is 1. The first-order valence-electron chi connectivity index (χ1n) is 6.34. The highest BCUT2D eigenvalue weighted by Gasteiger charge is 2.09. The fraction of sp³-hybridized carbons (Fsp3) is 0.250. The standard InChI is InChI=1S/C16H18BrNO2/c1-11-8-13(17)9-12(16(11)19)10-18(2)14-4-6-15(20-3)7-5-14/h4-9,19H,10H2,1-3H3. The predicted molar refractivity (Wildman–Crippen MR) is 85.6 cm³/mol. The van der Waals surface area contributed by atoms with Gasteiger partial charge in [0, 0.05) is 29.3 Å². The van der Waals surface area contributed by atoms with E-state index >= 15 is 0 Å². The molecule has 0 atom stereocenters. The molecule has 3 nitrogen and oxygen atoms in total. The summed E-state index contributed by atoms with van der Waals surface area (Å²) >= 11 is 3.47. The number of hydrogen-bond acceptors (Lipinski definition) is 3. The summed E-state index contributed by atoms with van der Waals surface area (Å²) in [5, 5.41) is 10.1. The van der Waals surface area contributed by atoms with E-state index in [1.807, 2.05) is 50.4 Å². The van der Waals surface area contributed by atoms with Crippen LogP contribution in [0, 0.1) is 6.92 Å².